The molecule has 0 amide bonds. The standard InChI is InChI=1S/C25H31NO4.2C2H6/c1-29-24(28)11-6-12-26(13-14-27)17-20-16-23-21-9-4-2-7-18(21)15-19-8-3-5-10-22(19)25(23)30-20;2*1-2/h2-5,7-10,20,23,25,27H,6,11-17H2,1H3;2*1-2H3. The van der Waals surface area contributed by atoms with Crippen LogP contribution in [0.5, 0.6) is 0 Å². The smallest absolute Gasteiger partial charge is 0.305 e. The molecule has 2 aromatic carbocycles. The summed E-state index contributed by atoms with van der Waals surface area (Å²) in [5.74, 6) is 0.160. The molecule has 1 aliphatic heterocycles. The number of benzene rings is 2. The van der Waals surface area contributed by atoms with Crippen LogP contribution in [0.4, 0.5) is 0 Å². The third-order valence-corrected chi connectivity index (χ3v) is 6.38. The van der Waals surface area contributed by atoms with Gasteiger partial charge in [-0.15, -0.1) is 0 Å². The monoisotopic (exact) mass is 469 g/mol. The van der Waals surface area contributed by atoms with Crippen LogP contribution >= 0.6 is 0 Å². The van der Waals surface area contributed by atoms with Crippen LogP contribution in [-0.4, -0.2) is 55.4 Å². The van der Waals surface area contributed by atoms with Crippen LogP contribution in [0, 0.1) is 0 Å². The Morgan fingerprint density at radius 3 is 2.26 bits per heavy atom. The second-order valence-electron chi connectivity index (χ2n) is 8.30. The molecule has 0 aromatic heterocycles. The lowest BCUT2D eigenvalue weighted by molar-refractivity contribution is -0.140. The highest BCUT2D eigenvalue weighted by molar-refractivity contribution is 5.69. The largest absolute Gasteiger partial charge is 0.469 e. The molecule has 3 unspecified atom stereocenters. The van der Waals surface area contributed by atoms with Gasteiger partial charge in [0.1, 0.15) is 0 Å². The van der Waals surface area contributed by atoms with Crippen molar-refractivity contribution in [3.63, 3.8) is 0 Å². The van der Waals surface area contributed by atoms with Crippen LogP contribution in [0.1, 0.15) is 81.2 Å². The van der Waals surface area contributed by atoms with Crippen molar-refractivity contribution in [2.45, 2.75) is 71.5 Å². The number of methoxy groups -OCH3 is 1. The number of nitrogens with zero attached hydrogens (tertiary/aromatic N) is 1. The molecule has 0 bridgehead atoms. The summed E-state index contributed by atoms with van der Waals surface area (Å²) < 4.78 is 11.4. The Labute approximate surface area is 206 Å². The van der Waals surface area contributed by atoms with Crippen LogP contribution < -0.4 is 0 Å². The van der Waals surface area contributed by atoms with Crippen LogP contribution in [0.25, 0.3) is 0 Å². The third-order valence-electron chi connectivity index (χ3n) is 6.38. The lowest BCUT2D eigenvalue weighted by Crippen LogP contribution is -2.35. The Hall–Kier alpha value is -2.21. The molecule has 188 valence electrons. The van der Waals surface area contributed by atoms with Crippen molar-refractivity contribution in [2.24, 2.45) is 0 Å². The van der Waals surface area contributed by atoms with E-state index in [2.05, 4.69) is 53.4 Å². The lowest BCUT2D eigenvalue weighted by Gasteiger charge is -2.25. The van der Waals surface area contributed by atoms with Crippen LogP contribution in [0.3, 0.4) is 0 Å². The van der Waals surface area contributed by atoms with Gasteiger partial charge in [-0.05, 0) is 48.1 Å². The minimum absolute atomic E-state index is 0.0703. The Bertz CT molecular complexity index is 815. The molecule has 1 fully saturated rings. The quantitative estimate of drug-likeness (QED) is 0.517. The highest BCUT2D eigenvalue weighted by atomic mass is 16.5. The number of hydrogen-bond donors (Lipinski definition) is 1. The summed E-state index contributed by atoms with van der Waals surface area (Å²) in [7, 11) is 1.42. The van der Waals surface area contributed by atoms with Gasteiger partial charge in [-0.25, -0.2) is 0 Å². The van der Waals surface area contributed by atoms with Gasteiger partial charge < -0.3 is 14.6 Å². The van der Waals surface area contributed by atoms with E-state index >= 15 is 0 Å². The van der Waals surface area contributed by atoms with Gasteiger partial charge in [0, 0.05) is 25.4 Å². The zero-order valence-electron chi connectivity index (χ0n) is 21.6. The van der Waals surface area contributed by atoms with Crippen molar-refractivity contribution in [3.05, 3.63) is 70.8 Å². The van der Waals surface area contributed by atoms with Crippen molar-refractivity contribution in [3.8, 4) is 0 Å². The molecule has 1 aliphatic carbocycles. The Kier molecular flexibility index (Phi) is 12.3. The number of carbonyl (C=O) groups excluding carboxylic acids is 1. The van der Waals surface area contributed by atoms with Crippen molar-refractivity contribution in [1.29, 1.82) is 0 Å². The van der Waals surface area contributed by atoms with E-state index < -0.39 is 0 Å². The zero-order chi connectivity index (χ0) is 24.9. The average Bonchev–Trinajstić information content (AvgIpc) is 3.25. The molecule has 1 N–H and O–H groups in total. The van der Waals surface area contributed by atoms with Gasteiger partial charge in [-0.1, -0.05) is 76.2 Å². The first-order valence-electron chi connectivity index (χ1n) is 12.9. The number of ether oxygens (including phenoxy) is 2. The maximum absolute atomic E-state index is 11.4. The van der Waals surface area contributed by atoms with E-state index in [1.807, 2.05) is 27.7 Å². The zero-order valence-corrected chi connectivity index (χ0v) is 21.6. The molecule has 0 saturated carbocycles. The summed E-state index contributed by atoms with van der Waals surface area (Å²) in [5, 5.41) is 9.50. The molecule has 2 aromatic rings. The normalized spacial score (nSPS) is 19.9. The first-order chi connectivity index (χ1) is 16.7. The minimum Gasteiger partial charge on any atom is -0.469 e. The summed E-state index contributed by atoms with van der Waals surface area (Å²) in [5.41, 5.74) is 5.46. The van der Waals surface area contributed by atoms with Crippen LogP contribution in [-0.2, 0) is 20.7 Å². The topological polar surface area (TPSA) is 59.0 Å². The molecular weight excluding hydrogens is 426 g/mol. The number of aliphatic hydroxyl groups excluding tert-OH is 1. The van der Waals surface area contributed by atoms with E-state index in [0.29, 0.717) is 18.9 Å². The number of fused-ring (bicyclic) bond motifs is 5. The average molecular weight is 470 g/mol. The fraction of sp³-hybridized carbons (Fsp3) is 0.552. The molecule has 0 spiro atoms. The summed E-state index contributed by atoms with van der Waals surface area (Å²) in [6.45, 7) is 10.2. The van der Waals surface area contributed by atoms with E-state index in [1.54, 1.807) is 0 Å². The molecule has 5 heteroatoms. The molecule has 2 aliphatic rings. The molecule has 0 radical (unpaired) electrons. The van der Waals surface area contributed by atoms with Crippen molar-refractivity contribution in [1.82, 2.24) is 4.90 Å². The van der Waals surface area contributed by atoms with E-state index in [1.165, 1.54) is 29.4 Å². The van der Waals surface area contributed by atoms with E-state index in [0.717, 1.165) is 32.4 Å². The van der Waals surface area contributed by atoms with Gasteiger partial charge in [0.05, 0.1) is 25.9 Å². The highest BCUT2D eigenvalue weighted by Gasteiger charge is 2.40. The molecule has 1 heterocycles. The SMILES string of the molecule is CC.CC.COC(=O)CCCN(CCO)CC1CC2c3ccccc3Cc3ccccc3C2O1. The Balaban J connectivity index is 0.000000970. The number of carbonyl (C=O) groups is 1. The highest BCUT2D eigenvalue weighted by Crippen LogP contribution is 2.49. The van der Waals surface area contributed by atoms with Crippen LogP contribution in [0.2, 0.25) is 0 Å². The first-order valence-corrected chi connectivity index (χ1v) is 12.9. The number of rotatable bonds is 8. The molecular formula is C29H43NO4. The summed E-state index contributed by atoms with van der Waals surface area (Å²) >= 11 is 0. The Morgan fingerprint density at radius 1 is 1.00 bits per heavy atom. The summed E-state index contributed by atoms with van der Waals surface area (Å²) in [4.78, 5) is 13.6. The number of esters is 1. The number of aliphatic hydroxyl groups is 1. The predicted octanol–water partition coefficient (Wildman–Crippen LogP) is 5.50. The lowest BCUT2D eigenvalue weighted by atomic mass is 9.87. The van der Waals surface area contributed by atoms with Gasteiger partial charge in [0.2, 0.25) is 0 Å². The van der Waals surface area contributed by atoms with Gasteiger partial charge in [-0.3, -0.25) is 9.69 Å². The van der Waals surface area contributed by atoms with Crippen molar-refractivity contribution in [2.75, 3.05) is 33.4 Å². The van der Waals surface area contributed by atoms with E-state index in [4.69, 9.17) is 9.47 Å². The fourth-order valence-corrected chi connectivity index (χ4v) is 4.97. The van der Waals surface area contributed by atoms with E-state index in [-0.39, 0.29) is 24.8 Å². The minimum atomic E-state index is -0.188. The second-order valence-corrected chi connectivity index (χ2v) is 8.30. The maximum Gasteiger partial charge on any atom is 0.305 e. The fourth-order valence-electron chi connectivity index (χ4n) is 4.97. The second kappa shape index (κ2) is 14.9. The summed E-state index contributed by atoms with van der Waals surface area (Å²) in [6, 6.07) is 17.4. The van der Waals surface area contributed by atoms with Gasteiger partial charge >= 0.3 is 5.97 Å². The maximum atomic E-state index is 11.4. The molecule has 3 atom stereocenters. The van der Waals surface area contributed by atoms with Crippen molar-refractivity contribution >= 4 is 5.97 Å². The van der Waals surface area contributed by atoms with Gasteiger partial charge in [0.25, 0.3) is 0 Å². The molecule has 4 rings (SSSR count). The number of hydrogen-bond acceptors (Lipinski definition) is 5. The van der Waals surface area contributed by atoms with E-state index in [9.17, 15) is 9.90 Å². The first kappa shape index (κ1) is 28.0. The van der Waals surface area contributed by atoms with Crippen LogP contribution in [0.15, 0.2) is 48.5 Å². The summed E-state index contributed by atoms with van der Waals surface area (Å²) in [6.07, 6.45) is 3.21. The van der Waals surface area contributed by atoms with Gasteiger partial charge in [-0.2, -0.15) is 0 Å². The molecule has 34 heavy (non-hydrogen) atoms. The molecule has 1 saturated heterocycles. The molecule has 5 nitrogen and oxygen atoms in total. The predicted molar refractivity (Wildman–Crippen MR) is 138 cm³/mol. The van der Waals surface area contributed by atoms with Gasteiger partial charge in [0.15, 0.2) is 0 Å². The third kappa shape index (κ3) is 7.14. The van der Waals surface area contributed by atoms with Crippen molar-refractivity contribution < 1.29 is 19.4 Å². The Morgan fingerprint density at radius 2 is 1.62 bits per heavy atom.